The maximum absolute atomic E-state index is 12.4. The normalized spacial score (nSPS) is 13.9. The molecule has 1 amide bonds. The van der Waals surface area contributed by atoms with E-state index >= 15 is 0 Å². The third-order valence-electron chi connectivity index (χ3n) is 4.27. The predicted molar refractivity (Wildman–Crippen MR) is 95.0 cm³/mol. The van der Waals surface area contributed by atoms with E-state index in [2.05, 4.69) is 5.32 Å². The van der Waals surface area contributed by atoms with Crippen LogP contribution < -0.4 is 14.8 Å². The highest BCUT2D eigenvalue weighted by Gasteiger charge is 2.19. The van der Waals surface area contributed by atoms with E-state index in [9.17, 15) is 4.79 Å². The van der Waals surface area contributed by atoms with Gasteiger partial charge in [0, 0.05) is 17.3 Å². The van der Waals surface area contributed by atoms with Crippen LogP contribution in [0.25, 0.3) is 0 Å². The van der Waals surface area contributed by atoms with Crippen molar-refractivity contribution in [3.63, 3.8) is 0 Å². The van der Waals surface area contributed by atoms with E-state index in [0.29, 0.717) is 28.3 Å². The Balaban J connectivity index is 1.77. The molecule has 0 aromatic heterocycles. The highest BCUT2D eigenvalue weighted by Crippen LogP contribution is 2.34. The van der Waals surface area contributed by atoms with Crippen molar-refractivity contribution in [2.24, 2.45) is 0 Å². The lowest BCUT2D eigenvalue weighted by Gasteiger charge is -2.17. The molecule has 25 heavy (non-hydrogen) atoms. The van der Waals surface area contributed by atoms with Crippen molar-refractivity contribution in [3.05, 3.63) is 53.6 Å². The highest BCUT2D eigenvalue weighted by atomic mass is 16.5. The Labute approximate surface area is 147 Å². The molecule has 1 aliphatic rings. The van der Waals surface area contributed by atoms with Crippen molar-refractivity contribution in [1.29, 1.82) is 5.26 Å². The Kier molecular flexibility index (Phi) is 5.20. The van der Waals surface area contributed by atoms with E-state index < -0.39 is 0 Å². The Hall–Kier alpha value is -3.00. The molecular formula is C20H20N2O3. The number of amides is 1. The molecule has 1 saturated carbocycles. The number of benzene rings is 2. The number of hydrogen-bond acceptors (Lipinski definition) is 4. The van der Waals surface area contributed by atoms with Crippen molar-refractivity contribution in [2.45, 2.75) is 31.8 Å². The number of anilines is 1. The average molecular weight is 336 g/mol. The number of nitrogens with zero attached hydrogens (tertiary/aromatic N) is 1. The number of ether oxygens (including phenoxy) is 2. The summed E-state index contributed by atoms with van der Waals surface area (Å²) in [6.07, 6.45) is 4.64. The van der Waals surface area contributed by atoms with Crippen LogP contribution >= 0.6 is 0 Å². The number of nitriles is 1. The fourth-order valence-electron chi connectivity index (χ4n) is 2.97. The zero-order chi connectivity index (χ0) is 17.6. The first-order chi connectivity index (χ1) is 12.2. The molecule has 0 unspecified atom stereocenters. The summed E-state index contributed by atoms with van der Waals surface area (Å²) in [5.41, 5.74) is 1.52. The second-order valence-electron chi connectivity index (χ2n) is 6.04. The van der Waals surface area contributed by atoms with Gasteiger partial charge in [-0.25, -0.2) is 0 Å². The minimum atomic E-state index is -0.269. The molecule has 0 radical (unpaired) electrons. The van der Waals surface area contributed by atoms with Gasteiger partial charge in [0.25, 0.3) is 5.91 Å². The number of hydrogen-bond donors (Lipinski definition) is 1. The maximum Gasteiger partial charge on any atom is 0.255 e. The first kappa shape index (κ1) is 16.8. The van der Waals surface area contributed by atoms with Gasteiger partial charge >= 0.3 is 0 Å². The lowest BCUT2D eigenvalue weighted by molar-refractivity contribution is 0.102. The van der Waals surface area contributed by atoms with Crippen LogP contribution in [0.5, 0.6) is 11.5 Å². The molecule has 5 heteroatoms. The molecule has 0 aliphatic heterocycles. The number of carbonyl (C=O) groups is 1. The maximum atomic E-state index is 12.4. The van der Waals surface area contributed by atoms with Crippen LogP contribution in [0.2, 0.25) is 0 Å². The Morgan fingerprint density at radius 3 is 2.68 bits per heavy atom. The lowest BCUT2D eigenvalue weighted by Crippen LogP contribution is -2.14. The topological polar surface area (TPSA) is 71.3 Å². The van der Waals surface area contributed by atoms with Crippen LogP contribution in [0.4, 0.5) is 5.69 Å². The van der Waals surface area contributed by atoms with E-state index in [4.69, 9.17) is 14.7 Å². The summed E-state index contributed by atoms with van der Waals surface area (Å²) in [6, 6.07) is 14.0. The first-order valence-corrected chi connectivity index (χ1v) is 8.36. The van der Waals surface area contributed by atoms with Crippen molar-refractivity contribution in [1.82, 2.24) is 0 Å². The molecule has 5 nitrogen and oxygen atoms in total. The quantitative estimate of drug-likeness (QED) is 0.891. The average Bonchev–Trinajstić information content (AvgIpc) is 3.15. The second-order valence-corrected chi connectivity index (χ2v) is 6.04. The summed E-state index contributed by atoms with van der Waals surface area (Å²) in [5, 5.41) is 11.8. The van der Waals surface area contributed by atoms with E-state index in [1.165, 1.54) is 12.8 Å². The van der Waals surface area contributed by atoms with Crippen LogP contribution in [0.1, 0.15) is 41.6 Å². The van der Waals surface area contributed by atoms with E-state index in [0.717, 1.165) is 12.8 Å². The predicted octanol–water partition coefficient (Wildman–Crippen LogP) is 4.14. The molecule has 0 spiro atoms. The molecule has 128 valence electrons. The number of methoxy groups -OCH3 is 1. The molecule has 0 bridgehead atoms. The van der Waals surface area contributed by atoms with Crippen molar-refractivity contribution in [2.75, 3.05) is 12.4 Å². The van der Waals surface area contributed by atoms with Gasteiger partial charge < -0.3 is 14.8 Å². The minimum Gasteiger partial charge on any atom is -0.493 e. The Morgan fingerprint density at radius 1 is 1.16 bits per heavy atom. The van der Waals surface area contributed by atoms with Gasteiger partial charge in [0.15, 0.2) is 11.5 Å². The summed E-state index contributed by atoms with van der Waals surface area (Å²) in [5.74, 6) is 1.02. The van der Waals surface area contributed by atoms with Gasteiger partial charge in [-0.1, -0.05) is 6.07 Å². The molecule has 1 fully saturated rings. The zero-order valence-electron chi connectivity index (χ0n) is 14.1. The first-order valence-electron chi connectivity index (χ1n) is 8.36. The van der Waals surface area contributed by atoms with Gasteiger partial charge in [-0.2, -0.15) is 5.26 Å². The minimum absolute atomic E-state index is 0.201. The Morgan fingerprint density at radius 2 is 1.96 bits per heavy atom. The Bertz CT molecular complexity index is 805. The highest BCUT2D eigenvalue weighted by molar-refractivity contribution is 6.04. The third-order valence-corrected chi connectivity index (χ3v) is 4.27. The van der Waals surface area contributed by atoms with Crippen LogP contribution in [0.3, 0.4) is 0 Å². The van der Waals surface area contributed by atoms with Crippen molar-refractivity contribution in [3.8, 4) is 17.6 Å². The number of nitrogens with one attached hydrogen (secondary N) is 1. The number of carbonyl (C=O) groups excluding carboxylic acids is 1. The zero-order valence-corrected chi connectivity index (χ0v) is 14.1. The summed E-state index contributed by atoms with van der Waals surface area (Å²) in [6.45, 7) is 0. The summed E-state index contributed by atoms with van der Waals surface area (Å²) in [7, 11) is 1.60. The van der Waals surface area contributed by atoms with Gasteiger partial charge in [0.05, 0.1) is 24.8 Å². The van der Waals surface area contributed by atoms with Gasteiger partial charge in [-0.15, -0.1) is 0 Å². The van der Waals surface area contributed by atoms with Crippen LogP contribution in [0.15, 0.2) is 42.5 Å². The molecule has 3 rings (SSSR count). The molecular weight excluding hydrogens is 316 g/mol. The molecule has 0 atom stereocenters. The van der Waals surface area contributed by atoms with E-state index in [1.807, 2.05) is 6.07 Å². The van der Waals surface area contributed by atoms with Crippen LogP contribution in [-0.2, 0) is 0 Å². The molecule has 1 N–H and O–H groups in total. The summed E-state index contributed by atoms with van der Waals surface area (Å²) < 4.78 is 11.4. The van der Waals surface area contributed by atoms with Gasteiger partial charge in [0.1, 0.15) is 0 Å². The standard InChI is InChI=1S/C20H20N2O3/c1-24-18-10-9-16(12-19(18)25-17-7-2-3-8-17)22-20(23)15-6-4-5-14(11-15)13-21/h4-6,9-12,17H,2-3,7-8H2,1H3,(H,22,23). The summed E-state index contributed by atoms with van der Waals surface area (Å²) in [4.78, 5) is 12.4. The van der Waals surface area contributed by atoms with Crippen molar-refractivity contribution >= 4 is 11.6 Å². The van der Waals surface area contributed by atoms with Crippen LogP contribution in [-0.4, -0.2) is 19.1 Å². The molecule has 1 aliphatic carbocycles. The van der Waals surface area contributed by atoms with E-state index in [-0.39, 0.29) is 12.0 Å². The molecule has 2 aromatic rings. The van der Waals surface area contributed by atoms with Crippen molar-refractivity contribution < 1.29 is 14.3 Å². The molecule has 0 saturated heterocycles. The smallest absolute Gasteiger partial charge is 0.255 e. The number of rotatable bonds is 5. The second kappa shape index (κ2) is 7.71. The monoisotopic (exact) mass is 336 g/mol. The fraction of sp³-hybridized carbons (Fsp3) is 0.300. The van der Waals surface area contributed by atoms with Gasteiger partial charge in [-0.05, 0) is 56.0 Å². The third kappa shape index (κ3) is 4.10. The molecule has 2 aromatic carbocycles. The SMILES string of the molecule is COc1ccc(NC(=O)c2cccc(C#N)c2)cc1OC1CCCC1. The molecule has 0 heterocycles. The van der Waals surface area contributed by atoms with Crippen LogP contribution in [0, 0.1) is 11.3 Å². The largest absolute Gasteiger partial charge is 0.493 e. The summed E-state index contributed by atoms with van der Waals surface area (Å²) >= 11 is 0. The van der Waals surface area contributed by atoms with Gasteiger partial charge in [-0.3, -0.25) is 4.79 Å². The van der Waals surface area contributed by atoms with E-state index in [1.54, 1.807) is 49.6 Å². The lowest BCUT2D eigenvalue weighted by atomic mass is 10.1. The van der Waals surface area contributed by atoms with Gasteiger partial charge in [0.2, 0.25) is 0 Å². The fourth-order valence-corrected chi connectivity index (χ4v) is 2.97.